The Kier molecular flexibility index (Phi) is 2.83. The van der Waals surface area contributed by atoms with Crippen molar-refractivity contribution < 1.29 is 23.8 Å². The molecule has 1 aromatic heterocycles. The van der Waals surface area contributed by atoms with Crippen LogP contribution in [0.15, 0.2) is 30.3 Å². The zero-order valence-corrected chi connectivity index (χ0v) is 10.4. The molecule has 2 aromatic carbocycles. The highest BCUT2D eigenvalue weighted by atomic mass is 19.2. The van der Waals surface area contributed by atoms with Gasteiger partial charge in [-0.15, -0.1) is 0 Å². The van der Waals surface area contributed by atoms with Gasteiger partial charge in [-0.05, 0) is 24.3 Å². The zero-order valence-electron chi connectivity index (χ0n) is 10.4. The number of nitrogens with zero attached hydrogens (tertiary/aromatic N) is 1. The second kappa shape index (κ2) is 4.55. The smallest absolute Gasteiger partial charge is 0.336 e. The van der Waals surface area contributed by atoms with Crippen LogP contribution < -0.4 is 0 Å². The van der Waals surface area contributed by atoms with Gasteiger partial charge < -0.3 is 15.2 Å². The van der Waals surface area contributed by atoms with E-state index in [0.717, 1.165) is 6.07 Å². The molecule has 7 heteroatoms. The molecule has 0 radical (unpaired) electrons. The molecule has 0 saturated heterocycles. The first-order valence-corrected chi connectivity index (χ1v) is 5.87. The summed E-state index contributed by atoms with van der Waals surface area (Å²) in [6.45, 7) is 0. The lowest BCUT2D eigenvalue weighted by atomic mass is 10.1. The highest BCUT2D eigenvalue weighted by Gasteiger charge is 2.19. The summed E-state index contributed by atoms with van der Waals surface area (Å²) in [6.07, 6.45) is 0. The highest BCUT2D eigenvalue weighted by molar-refractivity contribution is 5.96. The molecule has 0 atom stereocenters. The molecule has 106 valence electrons. The van der Waals surface area contributed by atoms with Crippen molar-refractivity contribution in [1.82, 2.24) is 9.97 Å². The lowest BCUT2D eigenvalue weighted by molar-refractivity contribution is 0.0697. The van der Waals surface area contributed by atoms with E-state index in [1.807, 2.05) is 0 Å². The molecule has 3 aromatic rings. The van der Waals surface area contributed by atoms with Crippen molar-refractivity contribution >= 4 is 17.0 Å². The number of aromatic amines is 1. The van der Waals surface area contributed by atoms with Gasteiger partial charge in [0.1, 0.15) is 11.6 Å². The number of phenols is 1. The highest BCUT2D eigenvalue weighted by Crippen LogP contribution is 2.27. The number of carboxylic acid groups (broad SMARTS) is 1. The van der Waals surface area contributed by atoms with E-state index in [1.54, 1.807) is 0 Å². The third-order valence-electron chi connectivity index (χ3n) is 3.01. The minimum absolute atomic E-state index is 0.00134. The van der Waals surface area contributed by atoms with Gasteiger partial charge in [-0.2, -0.15) is 0 Å². The van der Waals surface area contributed by atoms with Gasteiger partial charge in [-0.1, -0.05) is 0 Å². The Morgan fingerprint density at radius 2 is 1.86 bits per heavy atom. The summed E-state index contributed by atoms with van der Waals surface area (Å²) in [6, 6.07) is 5.71. The number of hydrogen-bond acceptors (Lipinski definition) is 3. The normalized spacial score (nSPS) is 11.0. The van der Waals surface area contributed by atoms with E-state index in [9.17, 15) is 18.7 Å². The fourth-order valence-corrected chi connectivity index (χ4v) is 2.04. The molecule has 0 unspecified atom stereocenters. The Morgan fingerprint density at radius 1 is 1.14 bits per heavy atom. The van der Waals surface area contributed by atoms with Gasteiger partial charge in [0.25, 0.3) is 0 Å². The molecular formula is C14H8F2N2O3. The number of aromatic hydroxyl groups is 1. The largest absolute Gasteiger partial charge is 0.508 e. The van der Waals surface area contributed by atoms with Gasteiger partial charge in [-0.25, -0.2) is 18.6 Å². The van der Waals surface area contributed by atoms with Crippen LogP contribution in [0.5, 0.6) is 5.75 Å². The van der Waals surface area contributed by atoms with Gasteiger partial charge in [0, 0.05) is 11.6 Å². The molecule has 0 spiro atoms. The maximum absolute atomic E-state index is 13.4. The number of aromatic nitrogens is 2. The summed E-state index contributed by atoms with van der Waals surface area (Å²) < 4.78 is 26.6. The Bertz CT molecular complexity index is 874. The van der Waals surface area contributed by atoms with Gasteiger partial charge in [-0.3, -0.25) is 0 Å². The molecule has 3 rings (SSSR count). The van der Waals surface area contributed by atoms with E-state index in [-0.39, 0.29) is 17.1 Å². The standard InChI is InChI=1S/C14H8F2N2O3/c15-9-4-7(8(14(20)21)5-10(9)16)13-17-11-2-1-6(19)3-12(11)18-13/h1-5,19H,(H,17,18)(H,20,21). The number of H-pyrrole nitrogens is 1. The molecule has 1 heterocycles. The number of imidazole rings is 1. The van der Waals surface area contributed by atoms with E-state index in [4.69, 9.17) is 5.11 Å². The number of phenolic OH excluding ortho intramolecular Hbond substituents is 1. The first-order valence-electron chi connectivity index (χ1n) is 5.87. The number of rotatable bonds is 2. The lowest BCUT2D eigenvalue weighted by Gasteiger charge is -2.04. The van der Waals surface area contributed by atoms with Gasteiger partial charge in [0.2, 0.25) is 0 Å². The van der Waals surface area contributed by atoms with Crippen LogP contribution in [0.4, 0.5) is 8.78 Å². The summed E-state index contributed by atoms with van der Waals surface area (Å²) in [5.74, 6) is -3.73. The molecule has 21 heavy (non-hydrogen) atoms. The minimum Gasteiger partial charge on any atom is -0.508 e. The molecular weight excluding hydrogens is 282 g/mol. The predicted molar refractivity (Wildman–Crippen MR) is 70.1 cm³/mol. The molecule has 5 nitrogen and oxygen atoms in total. The Balaban J connectivity index is 2.26. The second-order valence-electron chi connectivity index (χ2n) is 4.40. The monoisotopic (exact) mass is 290 g/mol. The molecule has 0 amide bonds. The average Bonchev–Trinajstić information content (AvgIpc) is 2.83. The van der Waals surface area contributed by atoms with Crippen LogP contribution in [0.3, 0.4) is 0 Å². The summed E-state index contributed by atoms with van der Waals surface area (Å²) in [4.78, 5) is 18.0. The van der Waals surface area contributed by atoms with Crippen LogP contribution in [0, 0.1) is 11.6 Å². The molecule has 0 saturated carbocycles. The van der Waals surface area contributed by atoms with Crippen LogP contribution in [0.2, 0.25) is 0 Å². The maximum Gasteiger partial charge on any atom is 0.336 e. The number of hydrogen-bond donors (Lipinski definition) is 3. The molecule has 3 N–H and O–H groups in total. The Hall–Kier alpha value is -2.96. The summed E-state index contributed by atoms with van der Waals surface area (Å²) >= 11 is 0. The predicted octanol–water partition coefficient (Wildman–Crippen LogP) is 2.91. The van der Waals surface area contributed by atoms with Crippen molar-refractivity contribution in [3.05, 3.63) is 47.5 Å². The molecule has 0 aliphatic heterocycles. The molecule has 0 aliphatic carbocycles. The quantitative estimate of drug-likeness (QED) is 0.677. The van der Waals surface area contributed by atoms with Crippen LogP contribution in [-0.4, -0.2) is 26.2 Å². The van der Waals surface area contributed by atoms with Crippen molar-refractivity contribution in [3.8, 4) is 17.1 Å². The van der Waals surface area contributed by atoms with Crippen LogP contribution in [0.25, 0.3) is 22.4 Å². The van der Waals surface area contributed by atoms with E-state index >= 15 is 0 Å². The van der Waals surface area contributed by atoms with Crippen molar-refractivity contribution in [1.29, 1.82) is 0 Å². The van der Waals surface area contributed by atoms with Gasteiger partial charge >= 0.3 is 5.97 Å². The second-order valence-corrected chi connectivity index (χ2v) is 4.40. The third-order valence-corrected chi connectivity index (χ3v) is 3.01. The number of fused-ring (bicyclic) bond motifs is 1. The van der Waals surface area contributed by atoms with Crippen LogP contribution >= 0.6 is 0 Å². The first kappa shape index (κ1) is 13.0. The number of carbonyl (C=O) groups is 1. The van der Waals surface area contributed by atoms with Crippen LogP contribution in [-0.2, 0) is 0 Å². The fraction of sp³-hybridized carbons (Fsp3) is 0. The van der Waals surface area contributed by atoms with Crippen molar-refractivity contribution in [2.24, 2.45) is 0 Å². The zero-order chi connectivity index (χ0) is 15.1. The van der Waals surface area contributed by atoms with E-state index < -0.39 is 23.2 Å². The maximum atomic E-state index is 13.4. The number of halogens is 2. The topological polar surface area (TPSA) is 86.2 Å². The van der Waals surface area contributed by atoms with E-state index in [0.29, 0.717) is 17.1 Å². The number of benzene rings is 2. The van der Waals surface area contributed by atoms with Gasteiger partial charge in [0.15, 0.2) is 11.6 Å². The SMILES string of the molecule is O=C(O)c1cc(F)c(F)cc1-c1nc2ccc(O)cc2[nH]1. The van der Waals surface area contributed by atoms with E-state index in [2.05, 4.69) is 9.97 Å². The minimum atomic E-state index is -1.40. The van der Waals surface area contributed by atoms with Gasteiger partial charge in [0.05, 0.1) is 16.6 Å². The molecule has 0 fully saturated rings. The number of nitrogens with one attached hydrogen (secondary N) is 1. The average molecular weight is 290 g/mol. The molecule has 0 aliphatic rings. The van der Waals surface area contributed by atoms with Crippen molar-refractivity contribution in [2.75, 3.05) is 0 Å². The van der Waals surface area contributed by atoms with Crippen LogP contribution in [0.1, 0.15) is 10.4 Å². The molecule has 0 bridgehead atoms. The first-order chi connectivity index (χ1) is 9.95. The summed E-state index contributed by atoms with van der Waals surface area (Å²) in [5, 5.41) is 18.5. The van der Waals surface area contributed by atoms with Crippen molar-refractivity contribution in [3.63, 3.8) is 0 Å². The number of carboxylic acids is 1. The van der Waals surface area contributed by atoms with Crippen molar-refractivity contribution in [2.45, 2.75) is 0 Å². The number of aromatic carboxylic acids is 1. The fourth-order valence-electron chi connectivity index (χ4n) is 2.04. The third kappa shape index (κ3) is 2.18. The van der Waals surface area contributed by atoms with E-state index in [1.165, 1.54) is 18.2 Å². The summed E-state index contributed by atoms with van der Waals surface area (Å²) in [7, 11) is 0. The summed E-state index contributed by atoms with van der Waals surface area (Å²) in [5.41, 5.74) is 0.434. The Labute approximate surface area is 116 Å². The lowest BCUT2D eigenvalue weighted by Crippen LogP contribution is -2.03. The Morgan fingerprint density at radius 3 is 2.57 bits per heavy atom.